The van der Waals surface area contributed by atoms with E-state index < -0.39 is 36.8 Å². The zero-order valence-electron chi connectivity index (χ0n) is 13.5. The monoisotopic (exact) mass is 340 g/mol. The molecule has 134 valence electrons. The number of nitrogens with zero attached hydrogens (tertiary/aromatic N) is 2. The molecule has 2 saturated heterocycles. The van der Waals surface area contributed by atoms with Crippen LogP contribution in [0.2, 0.25) is 0 Å². The number of aromatic nitrogens is 1. The molecule has 8 nitrogen and oxygen atoms in total. The van der Waals surface area contributed by atoms with Crippen molar-refractivity contribution in [1.29, 1.82) is 0 Å². The molecule has 0 aliphatic carbocycles. The molecule has 0 radical (unpaired) electrons. The third-order valence-electron chi connectivity index (χ3n) is 5.01. The fourth-order valence-electron chi connectivity index (χ4n) is 3.72. The number of pyridine rings is 1. The quantitative estimate of drug-likeness (QED) is 0.536. The van der Waals surface area contributed by atoms with E-state index in [2.05, 4.69) is 4.98 Å². The van der Waals surface area contributed by atoms with Crippen molar-refractivity contribution in [2.45, 2.75) is 49.1 Å². The predicted molar refractivity (Wildman–Crippen MR) is 83.2 cm³/mol. The Labute approximate surface area is 140 Å². The van der Waals surface area contributed by atoms with Gasteiger partial charge in [0, 0.05) is 18.3 Å². The molecular formula is C16H24N2O6. The van der Waals surface area contributed by atoms with Crippen LogP contribution in [0.5, 0.6) is 5.88 Å². The van der Waals surface area contributed by atoms with Crippen molar-refractivity contribution < 1.29 is 29.9 Å². The smallest absolute Gasteiger partial charge is 0.213 e. The molecule has 2 fully saturated rings. The van der Waals surface area contributed by atoms with Crippen LogP contribution in [0.15, 0.2) is 24.4 Å². The lowest BCUT2D eigenvalue weighted by atomic mass is 9.80. The van der Waals surface area contributed by atoms with Gasteiger partial charge in [0.05, 0.1) is 6.61 Å². The van der Waals surface area contributed by atoms with Gasteiger partial charge < -0.3 is 34.8 Å². The number of likely N-dealkylation sites (tertiary alicyclic amines) is 1. The fraction of sp³-hybridized carbons (Fsp3) is 0.688. The number of aliphatic hydroxyl groups excluding tert-OH is 4. The number of hydrogen-bond donors (Lipinski definition) is 4. The van der Waals surface area contributed by atoms with Crippen molar-refractivity contribution in [3.63, 3.8) is 0 Å². The number of hydrogen-bond acceptors (Lipinski definition) is 8. The third-order valence-corrected chi connectivity index (χ3v) is 5.01. The molecule has 8 heteroatoms. The Morgan fingerprint density at radius 1 is 1.38 bits per heavy atom. The molecule has 0 amide bonds. The normalized spacial score (nSPS) is 40.6. The van der Waals surface area contributed by atoms with Gasteiger partial charge in [-0.3, -0.25) is 0 Å². The highest BCUT2D eigenvalue weighted by atomic mass is 16.7. The van der Waals surface area contributed by atoms with Gasteiger partial charge in [0.15, 0.2) is 12.4 Å². The van der Waals surface area contributed by atoms with Gasteiger partial charge in [-0.15, -0.1) is 0 Å². The molecule has 1 aromatic rings. The molecule has 4 N–H and O–H groups in total. The number of ether oxygens (including phenoxy) is 2. The molecular weight excluding hydrogens is 316 g/mol. The van der Waals surface area contributed by atoms with Crippen LogP contribution >= 0.6 is 0 Å². The van der Waals surface area contributed by atoms with Gasteiger partial charge in [-0.1, -0.05) is 6.07 Å². The second-order valence-electron chi connectivity index (χ2n) is 6.45. The first-order chi connectivity index (χ1) is 11.5. The molecule has 0 saturated carbocycles. The summed E-state index contributed by atoms with van der Waals surface area (Å²) in [6, 6.07) is 4.67. The maximum Gasteiger partial charge on any atom is 0.213 e. The zero-order valence-corrected chi connectivity index (χ0v) is 13.5. The van der Waals surface area contributed by atoms with E-state index in [4.69, 9.17) is 9.47 Å². The molecule has 0 aromatic carbocycles. The Morgan fingerprint density at radius 2 is 2.17 bits per heavy atom. The summed E-state index contributed by atoms with van der Waals surface area (Å²) in [7, 11) is 1.86. The maximum absolute atomic E-state index is 10.7. The second kappa shape index (κ2) is 6.91. The largest absolute Gasteiger partial charge is 0.466 e. The first-order valence-corrected chi connectivity index (χ1v) is 8.10. The molecule has 0 bridgehead atoms. The molecule has 6 atom stereocenters. The van der Waals surface area contributed by atoms with Crippen molar-refractivity contribution in [1.82, 2.24) is 9.88 Å². The van der Waals surface area contributed by atoms with Crippen LogP contribution in [0.4, 0.5) is 0 Å². The van der Waals surface area contributed by atoms with Gasteiger partial charge in [0.25, 0.3) is 0 Å². The third kappa shape index (κ3) is 2.90. The second-order valence-corrected chi connectivity index (χ2v) is 6.45. The highest BCUT2D eigenvalue weighted by Crippen LogP contribution is 2.38. The van der Waals surface area contributed by atoms with Crippen molar-refractivity contribution in [3.8, 4) is 5.88 Å². The van der Waals surface area contributed by atoms with Crippen molar-refractivity contribution >= 4 is 0 Å². The molecule has 3 rings (SSSR count). The van der Waals surface area contributed by atoms with Crippen LogP contribution < -0.4 is 4.74 Å². The van der Waals surface area contributed by atoms with Gasteiger partial charge in [-0.2, -0.15) is 0 Å². The van der Waals surface area contributed by atoms with E-state index in [1.807, 2.05) is 11.9 Å². The molecule has 2 aliphatic rings. The van der Waals surface area contributed by atoms with E-state index in [9.17, 15) is 20.4 Å². The topological polar surface area (TPSA) is 116 Å². The summed E-state index contributed by atoms with van der Waals surface area (Å²) >= 11 is 0. The lowest BCUT2D eigenvalue weighted by molar-refractivity contribution is -0.333. The molecule has 2 aliphatic heterocycles. The Balaban J connectivity index is 1.82. The van der Waals surface area contributed by atoms with Gasteiger partial charge >= 0.3 is 0 Å². The van der Waals surface area contributed by atoms with Crippen LogP contribution in [-0.4, -0.2) is 86.8 Å². The highest BCUT2D eigenvalue weighted by molar-refractivity contribution is 5.13. The first-order valence-electron chi connectivity index (χ1n) is 8.10. The lowest BCUT2D eigenvalue weighted by Crippen LogP contribution is -2.72. The van der Waals surface area contributed by atoms with Crippen LogP contribution in [0.1, 0.15) is 12.8 Å². The Morgan fingerprint density at radius 3 is 2.75 bits per heavy atom. The van der Waals surface area contributed by atoms with E-state index in [0.717, 1.165) is 13.0 Å². The summed E-state index contributed by atoms with van der Waals surface area (Å²) < 4.78 is 11.1. The Kier molecular flexibility index (Phi) is 5.05. The zero-order chi connectivity index (χ0) is 17.3. The molecule has 3 heterocycles. The Hall–Kier alpha value is -1.29. The summed E-state index contributed by atoms with van der Waals surface area (Å²) in [6.45, 7) is 0.274. The van der Waals surface area contributed by atoms with Crippen molar-refractivity contribution in [2.75, 3.05) is 20.2 Å². The molecule has 1 unspecified atom stereocenters. The van der Waals surface area contributed by atoms with E-state index in [1.54, 1.807) is 18.2 Å². The summed E-state index contributed by atoms with van der Waals surface area (Å²) in [5.41, 5.74) is -1.46. The van der Waals surface area contributed by atoms with E-state index in [-0.39, 0.29) is 11.9 Å². The number of likely N-dealkylation sites (N-methyl/N-ethyl adjacent to an activating group) is 1. The average Bonchev–Trinajstić information content (AvgIpc) is 3.02. The molecule has 0 spiro atoms. The van der Waals surface area contributed by atoms with Crippen LogP contribution in [0.25, 0.3) is 0 Å². The fourth-order valence-corrected chi connectivity index (χ4v) is 3.72. The van der Waals surface area contributed by atoms with E-state index in [1.165, 1.54) is 6.20 Å². The van der Waals surface area contributed by atoms with Crippen LogP contribution in [0, 0.1) is 0 Å². The number of aliphatic hydroxyl groups is 4. The summed E-state index contributed by atoms with van der Waals surface area (Å²) in [4.78, 5) is 5.93. The van der Waals surface area contributed by atoms with Crippen LogP contribution in [0.3, 0.4) is 0 Å². The minimum absolute atomic E-state index is 0.200. The van der Waals surface area contributed by atoms with Gasteiger partial charge in [-0.05, 0) is 32.5 Å². The van der Waals surface area contributed by atoms with Crippen LogP contribution in [-0.2, 0) is 4.74 Å². The highest BCUT2D eigenvalue weighted by Gasteiger charge is 2.59. The van der Waals surface area contributed by atoms with Crippen molar-refractivity contribution in [2.24, 2.45) is 0 Å². The van der Waals surface area contributed by atoms with Crippen molar-refractivity contribution in [3.05, 3.63) is 24.4 Å². The average molecular weight is 340 g/mol. The predicted octanol–water partition coefficient (Wildman–Crippen LogP) is -1.28. The maximum atomic E-state index is 10.7. The Bertz CT molecular complexity index is 547. The van der Waals surface area contributed by atoms with Gasteiger partial charge in [-0.25, -0.2) is 4.98 Å². The van der Waals surface area contributed by atoms with E-state index in [0.29, 0.717) is 6.42 Å². The standard InChI is InChI=1S/C16H24N2O6/c1-18-8-4-5-10(18)16(9-19)14(21)12(20)13(15(22)24-16)23-11-6-2-3-7-17-11/h2-3,6-7,10,12-15,19-22H,4-5,8-9H2,1H3/t10?,12-,13-,14-,15-,16+/m1/s1. The SMILES string of the molecule is CN1CCCC1[C@]1(CO)O[C@@H](O)[C@H](Oc2ccccn2)[C@@H](O)[C@H]1O. The summed E-state index contributed by atoms with van der Waals surface area (Å²) in [6.07, 6.45) is -2.46. The van der Waals surface area contributed by atoms with Gasteiger partial charge in [0.1, 0.15) is 17.8 Å². The number of rotatable bonds is 4. The minimum atomic E-state index is -1.51. The van der Waals surface area contributed by atoms with Gasteiger partial charge in [0.2, 0.25) is 5.88 Å². The first kappa shape index (κ1) is 17.5. The summed E-state index contributed by atoms with van der Waals surface area (Å²) in [5.74, 6) is 0.200. The minimum Gasteiger partial charge on any atom is -0.466 e. The molecule has 1 aromatic heterocycles. The van der Waals surface area contributed by atoms with E-state index >= 15 is 0 Å². The summed E-state index contributed by atoms with van der Waals surface area (Å²) in [5, 5.41) is 41.4. The lowest BCUT2D eigenvalue weighted by Gasteiger charge is -2.51. The molecule has 24 heavy (non-hydrogen) atoms.